The van der Waals surface area contributed by atoms with Crippen LogP contribution in [-0.2, 0) is 0 Å². The molecule has 0 saturated carbocycles. The largest absolute Gasteiger partial charge is 0.472 e. The average Bonchev–Trinajstić information content (AvgIpc) is 2.75. The number of aliphatic hydroxyl groups is 1. The minimum atomic E-state index is -0.338. The van der Waals surface area contributed by atoms with Crippen molar-refractivity contribution < 1.29 is 19.0 Å². The lowest BCUT2D eigenvalue weighted by Gasteiger charge is -2.37. The van der Waals surface area contributed by atoms with Crippen LogP contribution < -0.4 is 4.74 Å². The fraction of sp³-hybridized carbons (Fsp3) is 0.417. The topological polar surface area (TPSA) is 65.9 Å². The van der Waals surface area contributed by atoms with Crippen LogP contribution in [0.1, 0.15) is 35.3 Å². The normalized spacial score (nSPS) is 19.6. The van der Waals surface area contributed by atoms with Gasteiger partial charge in [0.25, 0.3) is 5.91 Å². The second-order valence-corrected chi connectivity index (χ2v) is 8.22. The van der Waals surface area contributed by atoms with Crippen LogP contribution in [0.2, 0.25) is 0 Å². The van der Waals surface area contributed by atoms with E-state index in [9.17, 15) is 14.3 Å². The maximum atomic E-state index is 13.3. The molecule has 2 aromatic rings. The molecule has 2 heterocycles. The highest BCUT2D eigenvalue weighted by atomic mass is 19.1. The number of nitrogens with zero attached hydrogens (tertiary/aromatic N) is 3. The predicted octanol–water partition coefficient (Wildman–Crippen LogP) is 2.40. The van der Waals surface area contributed by atoms with E-state index in [0.29, 0.717) is 29.8 Å². The van der Waals surface area contributed by atoms with E-state index in [1.807, 2.05) is 32.8 Å². The molecule has 1 aliphatic rings. The number of ether oxygens (including phenoxy) is 1. The van der Waals surface area contributed by atoms with E-state index >= 15 is 0 Å². The van der Waals surface area contributed by atoms with Gasteiger partial charge in [0.15, 0.2) is 0 Å². The molecule has 3 rings (SSSR count). The van der Waals surface area contributed by atoms with E-state index in [2.05, 4.69) is 16.8 Å². The van der Waals surface area contributed by atoms with Crippen molar-refractivity contribution in [1.82, 2.24) is 14.8 Å². The van der Waals surface area contributed by atoms with Crippen molar-refractivity contribution in [3.05, 3.63) is 59.0 Å². The van der Waals surface area contributed by atoms with Gasteiger partial charge >= 0.3 is 0 Å². The first-order valence-electron chi connectivity index (χ1n) is 10.3. The summed E-state index contributed by atoms with van der Waals surface area (Å²) in [6, 6.07) is 7.21. The Morgan fingerprint density at radius 1 is 1.29 bits per heavy atom. The zero-order valence-electron chi connectivity index (χ0n) is 18.3. The fourth-order valence-corrected chi connectivity index (χ4v) is 3.43. The SMILES string of the molecule is C[C@H]1CN([C@@H](C)CO)C(=O)c2cc(C#Cc3ccc(F)cc3)cnc2O[C@H]1CN(C)C. The summed E-state index contributed by atoms with van der Waals surface area (Å²) >= 11 is 0. The molecular weight excluding hydrogens is 397 g/mol. The van der Waals surface area contributed by atoms with Crippen molar-refractivity contribution >= 4 is 5.91 Å². The third-order valence-corrected chi connectivity index (χ3v) is 5.26. The Kier molecular flexibility index (Phi) is 7.26. The molecule has 3 atom stereocenters. The number of aliphatic hydroxyl groups excluding tert-OH is 1. The van der Waals surface area contributed by atoms with Gasteiger partial charge in [-0.2, -0.15) is 0 Å². The quantitative estimate of drug-likeness (QED) is 0.762. The van der Waals surface area contributed by atoms with Crippen LogP contribution in [0.25, 0.3) is 0 Å². The first-order chi connectivity index (χ1) is 14.8. The lowest BCUT2D eigenvalue weighted by Crippen LogP contribution is -2.49. The first-order valence-corrected chi connectivity index (χ1v) is 10.3. The van der Waals surface area contributed by atoms with Crippen LogP contribution in [0.5, 0.6) is 5.88 Å². The highest BCUT2D eigenvalue weighted by molar-refractivity contribution is 5.97. The summed E-state index contributed by atoms with van der Waals surface area (Å²) in [6.07, 6.45) is 1.40. The molecule has 1 aliphatic heterocycles. The van der Waals surface area contributed by atoms with E-state index in [1.165, 1.54) is 12.1 Å². The summed E-state index contributed by atoms with van der Waals surface area (Å²) in [5.41, 5.74) is 1.53. The van der Waals surface area contributed by atoms with Gasteiger partial charge in [0.1, 0.15) is 17.5 Å². The van der Waals surface area contributed by atoms with Crippen molar-refractivity contribution in [2.45, 2.75) is 26.0 Å². The maximum Gasteiger partial charge on any atom is 0.259 e. The molecule has 164 valence electrons. The highest BCUT2D eigenvalue weighted by Crippen LogP contribution is 2.27. The number of likely N-dealkylation sites (N-methyl/N-ethyl adjacent to an activating group) is 1. The van der Waals surface area contributed by atoms with E-state index < -0.39 is 0 Å². The molecule has 0 spiro atoms. The zero-order valence-corrected chi connectivity index (χ0v) is 18.3. The zero-order chi connectivity index (χ0) is 22.5. The lowest BCUT2D eigenvalue weighted by molar-refractivity contribution is 0.0348. The molecule has 1 amide bonds. The van der Waals surface area contributed by atoms with Crippen LogP contribution >= 0.6 is 0 Å². The van der Waals surface area contributed by atoms with Gasteiger partial charge in [-0.25, -0.2) is 9.37 Å². The van der Waals surface area contributed by atoms with Gasteiger partial charge in [0.05, 0.1) is 12.6 Å². The van der Waals surface area contributed by atoms with Gasteiger partial charge in [-0.05, 0) is 51.4 Å². The minimum absolute atomic E-state index is 0.0493. The van der Waals surface area contributed by atoms with Crippen LogP contribution in [0.4, 0.5) is 4.39 Å². The first kappa shape index (κ1) is 22.7. The Morgan fingerprint density at radius 2 is 1.97 bits per heavy atom. The number of aromatic nitrogens is 1. The second kappa shape index (κ2) is 9.90. The molecule has 6 nitrogen and oxygen atoms in total. The Bertz CT molecular complexity index is 982. The van der Waals surface area contributed by atoms with Gasteiger partial charge in [0.2, 0.25) is 5.88 Å². The van der Waals surface area contributed by atoms with Crippen molar-refractivity contribution in [3.8, 4) is 17.7 Å². The Hall–Kier alpha value is -2.95. The molecule has 31 heavy (non-hydrogen) atoms. The van der Waals surface area contributed by atoms with Crippen molar-refractivity contribution in [3.63, 3.8) is 0 Å². The van der Waals surface area contributed by atoms with Crippen molar-refractivity contribution in [2.75, 3.05) is 33.8 Å². The number of fused-ring (bicyclic) bond motifs is 1. The number of benzene rings is 1. The van der Waals surface area contributed by atoms with Gasteiger partial charge in [0, 0.05) is 36.3 Å². The van der Waals surface area contributed by atoms with Crippen molar-refractivity contribution in [1.29, 1.82) is 0 Å². The second-order valence-electron chi connectivity index (χ2n) is 8.22. The summed E-state index contributed by atoms with van der Waals surface area (Å²) in [4.78, 5) is 21.4. The third-order valence-electron chi connectivity index (χ3n) is 5.26. The molecule has 0 radical (unpaired) electrons. The summed E-state index contributed by atoms with van der Waals surface area (Å²) in [7, 11) is 3.94. The van der Waals surface area contributed by atoms with Gasteiger partial charge in [-0.15, -0.1) is 0 Å². The minimum Gasteiger partial charge on any atom is -0.472 e. The number of amides is 1. The predicted molar refractivity (Wildman–Crippen MR) is 116 cm³/mol. The Balaban J connectivity index is 1.99. The van der Waals surface area contributed by atoms with Gasteiger partial charge in [-0.1, -0.05) is 18.8 Å². The Morgan fingerprint density at radius 3 is 2.61 bits per heavy atom. The van der Waals surface area contributed by atoms with Crippen molar-refractivity contribution in [2.24, 2.45) is 5.92 Å². The molecule has 0 saturated heterocycles. The molecule has 7 heteroatoms. The lowest BCUT2D eigenvalue weighted by atomic mass is 10.00. The molecule has 0 unspecified atom stereocenters. The molecule has 0 bridgehead atoms. The summed E-state index contributed by atoms with van der Waals surface area (Å²) < 4.78 is 19.3. The highest BCUT2D eigenvalue weighted by Gasteiger charge is 2.33. The number of hydrogen-bond donors (Lipinski definition) is 1. The maximum absolute atomic E-state index is 13.3. The Labute approximate surface area is 182 Å². The number of halogens is 1. The molecule has 0 aliphatic carbocycles. The van der Waals surface area contributed by atoms with Gasteiger partial charge in [-0.3, -0.25) is 4.79 Å². The van der Waals surface area contributed by atoms with Gasteiger partial charge < -0.3 is 19.6 Å². The van der Waals surface area contributed by atoms with E-state index in [1.54, 1.807) is 29.3 Å². The van der Waals surface area contributed by atoms with E-state index in [4.69, 9.17) is 4.74 Å². The summed E-state index contributed by atoms with van der Waals surface area (Å²) in [5.74, 6) is 5.68. The standard InChI is InChI=1S/C24H28FN3O3/c1-16-13-28(17(2)15-29)24(30)21-11-19(6-5-18-7-9-20(25)10-8-18)12-26-23(21)31-22(16)14-27(3)4/h7-12,16-17,22,29H,13-15H2,1-4H3/t16-,17-,22-/m0/s1. The smallest absolute Gasteiger partial charge is 0.259 e. The summed E-state index contributed by atoms with van der Waals surface area (Å²) in [5, 5.41) is 9.70. The number of carbonyl (C=O) groups is 1. The number of carbonyl (C=O) groups excluding carboxylic acids is 1. The molecular formula is C24H28FN3O3. The fourth-order valence-electron chi connectivity index (χ4n) is 3.43. The van der Waals surface area contributed by atoms with E-state index in [0.717, 1.165) is 0 Å². The van der Waals surface area contributed by atoms with Crippen LogP contribution in [-0.4, -0.2) is 71.7 Å². The average molecular weight is 426 g/mol. The third kappa shape index (κ3) is 5.60. The molecule has 1 aromatic heterocycles. The monoisotopic (exact) mass is 425 g/mol. The molecule has 1 aromatic carbocycles. The number of hydrogen-bond acceptors (Lipinski definition) is 5. The van der Waals surface area contributed by atoms with Crippen LogP contribution in [0, 0.1) is 23.6 Å². The van der Waals surface area contributed by atoms with E-state index in [-0.39, 0.29) is 42.3 Å². The number of pyridine rings is 1. The number of rotatable bonds is 4. The van der Waals surface area contributed by atoms with Crippen LogP contribution in [0.15, 0.2) is 36.5 Å². The molecule has 1 N–H and O–H groups in total. The summed E-state index contributed by atoms with van der Waals surface area (Å²) in [6.45, 7) is 4.85. The molecule has 0 fully saturated rings. The van der Waals surface area contributed by atoms with Crippen LogP contribution in [0.3, 0.4) is 0 Å².